The van der Waals surface area contributed by atoms with Gasteiger partial charge in [-0.1, -0.05) is 0 Å². The highest BCUT2D eigenvalue weighted by atomic mass is 31.1. The molecule has 1 N–H and O–H groups in total. The lowest BCUT2D eigenvalue weighted by Gasteiger charge is -2.08. The summed E-state index contributed by atoms with van der Waals surface area (Å²) in [6, 6.07) is 0. The van der Waals surface area contributed by atoms with Crippen molar-refractivity contribution >= 4 is 20.1 Å². The minimum atomic E-state index is -1.63. The molecule has 82 valence electrons. The van der Waals surface area contributed by atoms with Gasteiger partial charge in [-0.15, -0.1) is 0 Å². The van der Waals surface area contributed by atoms with Crippen LogP contribution in [0.5, 0.6) is 0 Å². The molecule has 14 heavy (non-hydrogen) atoms. The molecule has 0 atom stereocenters. The number of hydrogen-bond donors (Lipinski definition) is 1. The molecule has 0 saturated heterocycles. The summed E-state index contributed by atoms with van der Waals surface area (Å²) in [6.45, 7) is 3.93. The zero-order valence-corrected chi connectivity index (χ0v) is 9.25. The highest BCUT2D eigenvalue weighted by Crippen LogP contribution is 2.29. The van der Waals surface area contributed by atoms with E-state index >= 15 is 0 Å². The van der Waals surface area contributed by atoms with Crippen molar-refractivity contribution in [3.8, 4) is 0 Å². The Labute approximate surface area is 84.2 Å². The average Bonchev–Trinajstić information content (AvgIpc) is 2.03. The molecule has 0 saturated carbocycles. The fourth-order valence-electron chi connectivity index (χ4n) is 0.767. The number of carbonyl (C=O) groups is 2. The summed E-state index contributed by atoms with van der Waals surface area (Å²) in [5.74, 6) is -0.962. The fraction of sp³-hybridized carbons (Fsp3) is 0.750. The van der Waals surface area contributed by atoms with Crippen molar-refractivity contribution in [2.75, 3.05) is 25.5 Å². The molecule has 0 aromatic carbocycles. The highest BCUT2D eigenvalue weighted by molar-refractivity contribution is 7.53. The van der Waals surface area contributed by atoms with Gasteiger partial charge < -0.3 is 14.4 Å². The summed E-state index contributed by atoms with van der Waals surface area (Å²) in [5, 5.41) is 0. The van der Waals surface area contributed by atoms with Gasteiger partial charge in [0.1, 0.15) is 0 Å². The first-order valence-electron chi connectivity index (χ1n) is 4.35. The van der Waals surface area contributed by atoms with Crippen LogP contribution in [0.2, 0.25) is 0 Å². The second kappa shape index (κ2) is 7.71. The van der Waals surface area contributed by atoms with Gasteiger partial charge in [-0.05, 0) is 13.8 Å². The van der Waals surface area contributed by atoms with E-state index in [1.807, 2.05) is 0 Å². The Bertz CT molecular complexity index is 174. The van der Waals surface area contributed by atoms with E-state index in [-0.39, 0.29) is 25.5 Å². The predicted molar refractivity (Wildman–Crippen MR) is 52.1 cm³/mol. The topological polar surface area (TPSA) is 72.8 Å². The van der Waals surface area contributed by atoms with Crippen LogP contribution in [0.1, 0.15) is 13.8 Å². The quantitative estimate of drug-likeness (QED) is 0.523. The average molecular weight is 222 g/mol. The summed E-state index contributed by atoms with van der Waals surface area (Å²) in [7, 11) is -1.63. The molecule has 0 aliphatic heterocycles. The Hall–Kier alpha value is -0.670. The molecule has 0 rings (SSSR count). The van der Waals surface area contributed by atoms with Crippen LogP contribution in [-0.2, 0) is 19.1 Å². The van der Waals surface area contributed by atoms with Crippen LogP contribution in [0.15, 0.2) is 0 Å². The van der Waals surface area contributed by atoms with E-state index < -0.39 is 20.1 Å². The van der Waals surface area contributed by atoms with Crippen LogP contribution in [-0.4, -0.2) is 42.4 Å². The highest BCUT2D eigenvalue weighted by Gasteiger charge is 2.16. The second-order valence-corrected chi connectivity index (χ2v) is 4.08. The van der Waals surface area contributed by atoms with Gasteiger partial charge in [-0.3, -0.25) is 9.59 Å². The molecule has 0 unspecified atom stereocenters. The Morgan fingerprint density at radius 2 is 1.43 bits per heavy atom. The van der Waals surface area contributed by atoms with Gasteiger partial charge in [0, 0.05) is 8.15 Å². The van der Waals surface area contributed by atoms with Crippen LogP contribution < -0.4 is 0 Å². The number of ether oxygens (including phenoxy) is 2. The third-order valence-corrected chi connectivity index (χ3v) is 2.48. The van der Waals surface area contributed by atoms with Crippen LogP contribution >= 0.6 is 8.15 Å². The molecule has 0 heterocycles. The normalized spacial score (nSPS) is 10.0. The van der Waals surface area contributed by atoms with Gasteiger partial charge in [0.2, 0.25) is 0 Å². The molecule has 0 aliphatic carbocycles. The van der Waals surface area contributed by atoms with E-state index in [1.54, 1.807) is 13.8 Å². The van der Waals surface area contributed by atoms with Crippen molar-refractivity contribution in [3.63, 3.8) is 0 Å². The molecular formula is C8H15O5P. The van der Waals surface area contributed by atoms with E-state index in [0.717, 1.165) is 0 Å². The van der Waals surface area contributed by atoms with Crippen LogP contribution in [0.25, 0.3) is 0 Å². The maximum Gasteiger partial charge on any atom is 0.312 e. The standard InChI is InChI=1S/C8H15O5P/c1-3-12-7(9)5-14(11)6-8(10)13-4-2/h11H,3-6H2,1-2H3. The maximum absolute atomic E-state index is 10.9. The summed E-state index contributed by atoms with van der Waals surface area (Å²) >= 11 is 0. The van der Waals surface area contributed by atoms with Crippen LogP contribution in [0.4, 0.5) is 0 Å². The number of rotatable bonds is 6. The van der Waals surface area contributed by atoms with E-state index in [4.69, 9.17) is 0 Å². The lowest BCUT2D eigenvalue weighted by Crippen LogP contribution is -2.14. The first-order chi connectivity index (χ1) is 6.60. The van der Waals surface area contributed by atoms with Gasteiger partial charge in [0.05, 0.1) is 25.5 Å². The molecule has 6 heteroatoms. The first-order valence-corrected chi connectivity index (χ1v) is 6.01. The van der Waals surface area contributed by atoms with Crippen LogP contribution in [0, 0.1) is 0 Å². The molecule has 0 bridgehead atoms. The number of esters is 2. The molecule has 0 fully saturated rings. The summed E-state index contributed by atoms with van der Waals surface area (Å²) in [5.41, 5.74) is 0. The molecular weight excluding hydrogens is 207 g/mol. The van der Waals surface area contributed by atoms with Gasteiger partial charge in [-0.2, -0.15) is 0 Å². The zero-order chi connectivity index (χ0) is 11.0. The van der Waals surface area contributed by atoms with Gasteiger partial charge >= 0.3 is 11.9 Å². The largest absolute Gasteiger partial charge is 0.466 e. The van der Waals surface area contributed by atoms with Crippen molar-refractivity contribution in [1.82, 2.24) is 0 Å². The first kappa shape index (κ1) is 13.3. The minimum absolute atomic E-state index is 0.109. The molecule has 0 aromatic rings. The fourth-order valence-corrected chi connectivity index (χ4v) is 1.66. The Kier molecular flexibility index (Phi) is 7.34. The molecule has 0 amide bonds. The van der Waals surface area contributed by atoms with Gasteiger partial charge in [-0.25, -0.2) is 0 Å². The summed E-state index contributed by atoms with van der Waals surface area (Å²) in [6.07, 6.45) is -0.218. The Morgan fingerprint density at radius 1 is 1.07 bits per heavy atom. The monoisotopic (exact) mass is 222 g/mol. The van der Waals surface area contributed by atoms with Crippen molar-refractivity contribution in [1.29, 1.82) is 0 Å². The van der Waals surface area contributed by atoms with E-state index in [1.165, 1.54) is 0 Å². The van der Waals surface area contributed by atoms with E-state index in [9.17, 15) is 14.5 Å². The summed E-state index contributed by atoms with van der Waals surface area (Å²) < 4.78 is 9.24. The number of carbonyl (C=O) groups excluding carboxylic acids is 2. The summed E-state index contributed by atoms with van der Waals surface area (Å²) in [4.78, 5) is 31.1. The molecule has 0 aliphatic rings. The van der Waals surface area contributed by atoms with Crippen molar-refractivity contribution in [3.05, 3.63) is 0 Å². The number of hydrogen-bond acceptors (Lipinski definition) is 5. The molecule has 5 nitrogen and oxygen atoms in total. The zero-order valence-electron chi connectivity index (χ0n) is 8.36. The van der Waals surface area contributed by atoms with Crippen molar-refractivity contribution < 1.29 is 24.0 Å². The van der Waals surface area contributed by atoms with Gasteiger partial charge in [0.15, 0.2) is 0 Å². The van der Waals surface area contributed by atoms with E-state index in [2.05, 4.69) is 9.47 Å². The lowest BCUT2D eigenvalue weighted by molar-refractivity contribution is -0.140. The second-order valence-electron chi connectivity index (χ2n) is 2.43. The predicted octanol–water partition coefficient (Wildman–Crippen LogP) is 0.502. The Morgan fingerprint density at radius 3 is 1.71 bits per heavy atom. The maximum atomic E-state index is 10.9. The molecule has 0 aromatic heterocycles. The van der Waals surface area contributed by atoms with Crippen molar-refractivity contribution in [2.45, 2.75) is 13.8 Å². The lowest BCUT2D eigenvalue weighted by atomic mass is 10.7. The van der Waals surface area contributed by atoms with Crippen LogP contribution in [0.3, 0.4) is 0 Å². The SMILES string of the molecule is CCOC(=O)CP(O)CC(=O)OCC. The molecule has 0 spiro atoms. The van der Waals surface area contributed by atoms with Crippen molar-refractivity contribution in [2.24, 2.45) is 0 Å². The smallest absolute Gasteiger partial charge is 0.312 e. The molecule has 0 radical (unpaired) electrons. The third kappa shape index (κ3) is 6.80. The van der Waals surface area contributed by atoms with E-state index in [0.29, 0.717) is 0 Å². The minimum Gasteiger partial charge on any atom is -0.466 e. The Balaban J connectivity index is 3.68. The van der Waals surface area contributed by atoms with Gasteiger partial charge in [0.25, 0.3) is 0 Å². The third-order valence-electron chi connectivity index (χ3n) is 1.23.